The van der Waals surface area contributed by atoms with Gasteiger partial charge >= 0.3 is 5.91 Å². The first-order chi connectivity index (χ1) is 8.53. The van der Waals surface area contributed by atoms with E-state index in [-0.39, 0.29) is 5.76 Å². The van der Waals surface area contributed by atoms with Crippen molar-refractivity contribution >= 4 is 5.91 Å². The monoisotopic (exact) mass is 253 g/mol. The fourth-order valence-corrected chi connectivity index (χ4v) is 2.17. The van der Waals surface area contributed by atoms with Crippen LogP contribution in [0.15, 0.2) is 10.5 Å². The highest BCUT2D eigenvalue weighted by Gasteiger charge is 2.17. The number of hydrazine groups is 1. The molecular formula is C13H23N3O2. The van der Waals surface area contributed by atoms with Gasteiger partial charge in [0.2, 0.25) is 0 Å². The van der Waals surface area contributed by atoms with Crippen LogP contribution < -0.4 is 11.3 Å². The molecule has 0 aliphatic heterocycles. The number of carbonyl (C=O) groups is 1. The van der Waals surface area contributed by atoms with Gasteiger partial charge in [-0.25, -0.2) is 5.84 Å². The molecule has 0 unspecified atom stereocenters. The summed E-state index contributed by atoms with van der Waals surface area (Å²) in [5, 5.41) is 0. The highest BCUT2D eigenvalue weighted by molar-refractivity contribution is 5.91. The van der Waals surface area contributed by atoms with E-state index in [0.29, 0.717) is 6.04 Å². The molecule has 0 radical (unpaired) electrons. The zero-order chi connectivity index (χ0) is 13.7. The predicted molar refractivity (Wildman–Crippen MR) is 70.9 cm³/mol. The van der Waals surface area contributed by atoms with Gasteiger partial charge in [0.05, 0.1) is 0 Å². The molecule has 1 aromatic rings. The number of furan rings is 1. The third kappa shape index (κ3) is 3.34. The Kier molecular flexibility index (Phi) is 5.37. The maximum atomic E-state index is 11.4. The Morgan fingerprint density at radius 1 is 1.50 bits per heavy atom. The number of nitrogens with one attached hydrogen (secondary N) is 1. The van der Waals surface area contributed by atoms with Gasteiger partial charge in [-0.2, -0.15) is 0 Å². The fourth-order valence-electron chi connectivity index (χ4n) is 2.17. The molecule has 0 aliphatic carbocycles. The number of hydrogen-bond acceptors (Lipinski definition) is 4. The van der Waals surface area contributed by atoms with Gasteiger partial charge in [-0.3, -0.25) is 15.1 Å². The minimum Gasteiger partial charge on any atom is -0.456 e. The minimum atomic E-state index is -0.394. The van der Waals surface area contributed by atoms with Crippen molar-refractivity contribution in [2.75, 3.05) is 7.05 Å². The van der Waals surface area contributed by atoms with Crippen LogP contribution in [0, 0.1) is 6.92 Å². The van der Waals surface area contributed by atoms with Crippen molar-refractivity contribution in [1.82, 2.24) is 10.3 Å². The van der Waals surface area contributed by atoms with Crippen molar-refractivity contribution in [3.8, 4) is 0 Å². The zero-order valence-corrected chi connectivity index (χ0v) is 11.6. The summed E-state index contributed by atoms with van der Waals surface area (Å²) < 4.78 is 5.40. The number of carbonyl (C=O) groups excluding carboxylic acids is 1. The average Bonchev–Trinajstić information content (AvgIpc) is 2.71. The molecule has 5 heteroatoms. The topological polar surface area (TPSA) is 71.5 Å². The highest BCUT2D eigenvalue weighted by Crippen LogP contribution is 2.18. The first kappa shape index (κ1) is 14.7. The second-order valence-electron chi connectivity index (χ2n) is 4.55. The second kappa shape index (κ2) is 6.56. The molecule has 102 valence electrons. The van der Waals surface area contributed by atoms with Crippen molar-refractivity contribution in [2.24, 2.45) is 5.84 Å². The molecule has 18 heavy (non-hydrogen) atoms. The maximum absolute atomic E-state index is 11.4. The molecule has 0 fully saturated rings. The average molecular weight is 253 g/mol. The van der Waals surface area contributed by atoms with E-state index in [1.165, 1.54) is 0 Å². The molecule has 1 aromatic heterocycles. The molecule has 0 aliphatic rings. The van der Waals surface area contributed by atoms with Crippen LogP contribution in [-0.4, -0.2) is 23.9 Å². The third-order valence-corrected chi connectivity index (χ3v) is 3.36. The van der Waals surface area contributed by atoms with E-state index < -0.39 is 5.91 Å². The molecule has 3 N–H and O–H groups in total. The van der Waals surface area contributed by atoms with E-state index in [2.05, 4.69) is 31.2 Å². The standard InChI is InChI=1S/C13H23N3O2/c1-5-11(6-2)16(4)8-10-7-12(13(17)15-14)18-9(10)3/h7,11H,5-6,8,14H2,1-4H3,(H,15,17). The Hall–Kier alpha value is -1.33. The SMILES string of the molecule is CCC(CC)N(C)Cc1cc(C(=O)NN)oc1C. The lowest BCUT2D eigenvalue weighted by Gasteiger charge is -2.25. The number of nitrogens with zero attached hydrogens (tertiary/aromatic N) is 1. The molecule has 0 saturated heterocycles. The Bertz CT molecular complexity index is 397. The number of rotatable bonds is 6. The van der Waals surface area contributed by atoms with E-state index in [1.807, 2.05) is 6.92 Å². The molecule has 1 rings (SSSR count). The summed E-state index contributed by atoms with van der Waals surface area (Å²) in [6, 6.07) is 2.31. The quantitative estimate of drug-likeness (QED) is 0.461. The highest BCUT2D eigenvalue weighted by atomic mass is 16.4. The van der Waals surface area contributed by atoms with Gasteiger partial charge in [0.15, 0.2) is 5.76 Å². The molecule has 0 atom stereocenters. The van der Waals surface area contributed by atoms with E-state index in [4.69, 9.17) is 10.3 Å². The van der Waals surface area contributed by atoms with Crippen molar-refractivity contribution in [1.29, 1.82) is 0 Å². The van der Waals surface area contributed by atoms with E-state index >= 15 is 0 Å². The maximum Gasteiger partial charge on any atom is 0.300 e. The van der Waals surface area contributed by atoms with Gasteiger partial charge in [0.1, 0.15) is 5.76 Å². The second-order valence-corrected chi connectivity index (χ2v) is 4.55. The van der Waals surface area contributed by atoms with Crippen LogP contribution in [0.1, 0.15) is 48.6 Å². The van der Waals surface area contributed by atoms with Crippen molar-refractivity contribution in [2.45, 2.75) is 46.2 Å². The predicted octanol–water partition coefficient (Wildman–Crippen LogP) is 1.81. The lowest BCUT2D eigenvalue weighted by Crippen LogP contribution is -2.30. The lowest BCUT2D eigenvalue weighted by molar-refractivity contribution is 0.0924. The summed E-state index contributed by atoms with van der Waals surface area (Å²) >= 11 is 0. The van der Waals surface area contributed by atoms with Crippen LogP contribution in [0.5, 0.6) is 0 Å². The number of amides is 1. The Labute approximate surface area is 108 Å². The van der Waals surface area contributed by atoms with Crippen LogP contribution in [0.2, 0.25) is 0 Å². The Balaban J connectivity index is 2.78. The first-order valence-corrected chi connectivity index (χ1v) is 6.33. The molecule has 5 nitrogen and oxygen atoms in total. The van der Waals surface area contributed by atoms with Crippen molar-refractivity contribution in [3.05, 3.63) is 23.2 Å². The van der Waals surface area contributed by atoms with Gasteiger partial charge < -0.3 is 4.42 Å². The molecule has 0 spiro atoms. The van der Waals surface area contributed by atoms with E-state index in [0.717, 1.165) is 30.7 Å². The summed E-state index contributed by atoms with van der Waals surface area (Å²) in [5.74, 6) is 5.73. The van der Waals surface area contributed by atoms with Crippen molar-refractivity contribution in [3.63, 3.8) is 0 Å². The van der Waals surface area contributed by atoms with E-state index in [9.17, 15) is 4.79 Å². The number of aryl methyl sites for hydroxylation is 1. The molecular weight excluding hydrogens is 230 g/mol. The molecule has 1 amide bonds. The van der Waals surface area contributed by atoms with Gasteiger partial charge in [-0.05, 0) is 32.9 Å². The summed E-state index contributed by atoms with van der Waals surface area (Å²) in [7, 11) is 2.09. The first-order valence-electron chi connectivity index (χ1n) is 6.33. The molecule has 0 aromatic carbocycles. The molecule has 0 bridgehead atoms. The Morgan fingerprint density at radius 3 is 2.61 bits per heavy atom. The van der Waals surface area contributed by atoms with Gasteiger partial charge in [-0.15, -0.1) is 0 Å². The Morgan fingerprint density at radius 2 is 2.11 bits per heavy atom. The summed E-state index contributed by atoms with van der Waals surface area (Å²) in [6.07, 6.45) is 2.22. The minimum absolute atomic E-state index is 0.267. The largest absolute Gasteiger partial charge is 0.456 e. The van der Waals surface area contributed by atoms with Gasteiger partial charge in [0.25, 0.3) is 0 Å². The van der Waals surface area contributed by atoms with Crippen LogP contribution in [0.25, 0.3) is 0 Å². The van der Waals surface area contributed by atoms with Gasteiger partial charge in [0, 0.05) is 18.2 Å². The number of nitrogens with two attached hydrogens (primary N) is 1. The number of hydrogen-bond donors (Lipinski definition) is 2. The van der Waals surface area contributed by atoms with Crippen LogP contribution in [-0.2, 0) is 6.54 Å². The van der Waals surface area contributed by atoms with Crippen molar-refractivity contribution < 1.29 is 9.21 Å². The van der Waals surface area contributed by atoms with Gasteiger partial charge in [-0.1, -0.05) is 13.8 Å². The summed E-state index contributed by atoms with van der Waals surface area (Å²) in [4.78, 5) is 13.6. The zero-order valence-electron chi connectivity index (χ0n) is 11.6. The van der Waals surface area contributed by atoms with E-state index in [1.54, 1.807) is 6.07 Å². The molecule has 0 saturated carbocycles. The molecule has 1 heterocycles. The van der Waals surface area contributed by atoms with Crippen LogP contribution in [0.4, 0.5) is 0 Å². The summed E-state index contributed by atoms with van der Waals surface area (Å²) in [6.45, 7) is 7.00. The lowest BCUT2D eigenvalue weighted by atomic mass is 10.1. The van der Waals surface area contributed by atoms with Crippen LogP contribution >= 0.6 is 0 Å². The smallest absolute Gasteiger partial charge is 0.300 e. The number of nitrogen functional groups attached to an aromatic ring is 1. The van der Waals surface area contributed by atoms with Crippen LogP contribution in [0.3, 0.4) is 0 Å². The normalized spacial score (nSPS) is 11.3. The fraction of sp³-hybridized carbons (Fsp3) is 0.615. The third-order valence-electron chi connectivity index (χ3n) is 3.36. The summed E-state index contributed by atoms with van der Waals surface area (Å²) in [5.41, 5.74) is 3.10.